The molecule has 2 aliphatic rings. The molecule has 4 N–H and O–H groups in total. The lowest BCUT2D eigenvalue weighted by Crippen LogP contribution is -2.48. The summed E-state index contributed by atoms with van der Waals surface area (Å²) in [5.74, 6) is 0.294. The minimum atomic E-state index is -0.627. The van der Waals surface area contributed by atoms with Crippen molar-refractivity contribution in [2.45, 2.75) is 26.4 Å². The maximum absolute atomic E-state index is 12.7. The molecule has 1 aromatic heterocycles. The van der Waals surface area contributed by atoms with Crippen LogP contribution in [-0.2, 0) is 16.1 Å². The second kappa shape index (κ2) is 13.9. The lowest BCUT2D eigenvalue weighted by molar-refractivity contribution is -0.129. The van der Waals surface area contributed by atoms with E-state index in [0.29, 0.717) is 44.5 Å². The molecule has 3 amide bonds. The predicted octanol–water partition coefficient (Wildman–Crippen LogP) is 3.45. The van der Waals surface area contributed by atoms with Crippen LogP contribution in [0.4, 0.5) is 27.9 Å². The van der Waals surface area contributed by atoms with Crippen molar-refractivity contribution in [1.29, 1.82) is 0 Å². The molecule has 3 heterocycles. The first-order chi connectivity index (χ1) is 20.9. The van der Waals surface area contributed by atoms with Crippen molar-refractivity contribution in [3.05, 3.63) is 71.9 Å². The normalized spacial score (nSPS) is 16.9. The van der Waals surface area contributed by atoms with Gasteiger partial charge in [-0.25, -0.2) is 9.78 Å². The van der Waals surface area contributed by atoms with E-state index in [-0.39, 0.29) is 30.1 Å². The molecule has 1 unspecified atom stereocenters. The average Bonchev–Trinajstić information content (AvgIpc) is 3.03. The van der Waals surface area contributed by atoms with E-state index in [1.165, 1.54) is 6.20 Å². The van der Waals surface area contributed by atoms with Gasteiger partial charge in [-0.3, -0.25) is 9.59 Å². The van der Waals surface area contributed by atoms with Crippen LogP contribution in [0, 0.1) is 5.92 Å². The first-order valence-electron chi connectivity index (χ1n) is 14.6. The smallest absolute Gasteiger partial charge is 0.410 e. The Bertz CT molecular complexity index is 1410. The van der Waals surface area contributed by atoms with Gasteiger partial charge in [-0.15, -0.1) is 0 Å². The predicted molar refractivity (Wildman–Crippen MR) is 164 cm³/mol. The van der Waals surface area contributed by atoms with Crippen LogP contribution in [-0.4, -0.2) is 83.5 Å². The molecule has 1 atom stereocenters. The Labute approximate surface area is 251 Å². The summed E-state index contributed by atoms with van der Waals surface area (Å²) in [6, 6.07) is 17.5. The van der Waals surface area contributed by atoms with E-state index in [2.05, 4.69) is 25.5 Å². The van der Waals surface area contributed by atoms with Gasteiger partial charge in [0, 0.05) is 70.3 Å². The zero-order chi connectivity index (χ0) is 30.2. The summed E-state index contributed by atoms with van der Waals surface area (Å²) in [6.07, 6.45) is 2.86. The van der Waals surface area contributed by atoms with Crippen LogP contribution in [0.3, 0.4) is 0 Å². The van der Waals surface area contributed by atoms with Crippen molar-refractivity contribution in [2.24, 2.45) is 11.7 Å². The molecule has 2 aromatic carbocycles. The van der Waals surface area contributed by atoms with Gasteiger partial charge >= 0.3 is 6.09 Å². The molecular weight excluding hydrogens is 548 g/mol. The van der Waals surface area contributed by atoms with Gasteiger partial charge in [-0.1, -0.05) is 30.3 Å². The van der Waals surface area contributed by atoms with E-state index in [1.807, 2.05) is 59.5 Å². The van der Waals surface area contributed by atoms with Gasteiger partial charge in [0.25, 0.3) is 5.91 Å². The molecule has 43 heavy (non-hydrogen) atoms. The Kier molecular flexibility index (Phi) is 9.55. The Morgan fingerprint density at radius 2 is 1.72 bits per heavy atom. The highest BCUT2D eigenvalue weighted by atomic mass is 16.6. The van der Waals surface area contributed by atoms with Crippen LogP contribution in [0.1, 0.15) is 35.7 Å². The number of likely N-dealkylation sites (tertiary alicyclic amines) is 1. The van der Waals surface area contributed by atoms with Crippen LogP contribution in [0.2, 0.25) is 0 Å². The standard InChI is InChI=1S/C31H38N8O4/c1-22(40)37-14-16-38(17-15-37)26-11-9-25(10-12-26)35-30-34-19-27(28(32)41)29(36-30)33-18-24-8-5-13-39(20-24)31(42)43-21-23-6-3-2-4-7-23/h2-4,6-7,9-12,19,24H,5,8,13-18,20-21H2,1H3,(H2,32,41)(H2,33,34,35,36). The number of rotatable bonds is 9. The van der Waals surface area contributed by atoms with E-state index in [4.69, 9.17) is 10.5 Å². The molecule has 0 bridgehead atoms. The number of hydrogen-bond donors (Lipinski definition) is 3. The van der Waals surface area contributed by atoms with Crippen molar-refractivity contribution >= 4 is 41.0 Å². The maximum atomic E-state index is 12.7. The SMILES string of the molecule is CC(=O)N1CCN(c2ccc(Nc3ncc(C(N)=O)c(NCC4CCCN(C(=O)OCc5ccccc5)C4)n3)cc2)CC1. The highest BCUT2D eigenvalue weighted by Gasteiger charge is 2.25. The molecule has 5 rings (SSSR count). The third-order valence-electron chi connectivity index (χ3n) is 7.81. The highest BCUT2D eigenvalue weighted by Crippen LogP contribution is 2.24. The molecule has 0 radical (unpaired) electrons. The molecule has 0 spiro atoms. The maximum Gasteiger partial charge on any atom is 0.410 e. The molecule has 12 nitrogen and oxygen atoms in total. The lowest BCUT2D eigenvalue weighted by atomic mass is 9.98. The van der Waals surface area contributed by atoms with Crippen molar-refractivity contribution in [3.63, 3.8) is 0 Å². The number of aromatic nitrogens is 2. The summed E-state index contributed by atoms with van der Waals surface area (Å²) in [6.45, 7) is 6.52. The van der Waals surface area contributed by atoms with Gasteiger partial charge < -0.3 is 35.8 Å². The number of benzene rings is 2. The number of hydrogen-bond acceptors (Lipinski definition) is 9. The van der Waals surface area contributed by atoms with Crippen LogP contribution >= 0.6 is 0 Å². The van der Waals surface area contributed by atoms with E-state index in [9.17, 15) is 14.4 Å². The number of nitrogens with two attached hydrogens (primary N) is 1. The summed E-state index contributed by atoms with van der Waals surface area (Å²) >= 11 is 0. The van der Waals surface area contributed by atoms with Gasteiger partial charge in [-0.2, -0.15) is 4.98 Å². The van der Waals surface area contributed by atoms with Gasteiger partial charge in [0.15, 0.2) is 0 Å². The summed E-state index contributed by atoms with van der Waals surface area (Å²) in [5, 5.41) is 6.46. The minimum absolute atomic E-state index is 0.107. The molecule has 2 fully saturated rings. The number of nitrogens with zero attached hydrogens (tertiary/aromatic N) is 5. The summed E-state index contributed by atoms with van der Waals surface area (Å²) in [7, 11) is 0. The van der Waals surface area contributed by atoms with E-state index in [1.54, 1.807) is 11.8 Å². The van der Waals surface area contributed by atoms with E-state index < -0.39 is 5.91 Å². The average molecular weight is 587 g/mol. The van der Waals surface area contributed by atoms with Gasteiger partial charge in [0.2, 0.25) is 11.9 Å². The quantitative estimate of drug-likeness (QED) is 0.343. The molecule has 3 aromatic rings. The number of primary amides is 1. The third-order valence-corrected chi connectivity index (χ3v) is 7.81. The summed E-state index contributed by atoms with van der Waals surface area (Å²) in [4.78, 5) is 51.1. The fourth-order valence-electron chi connectivity index (χ4n) is 5.37. The van der Waals surface area contributed by atoms with Crippen molar-refractivity contribution in [1.82, 2.24) is 19.8 Å². The largest absolute Gasteiger partial charge is 0.445 e. The lowest BCUT2D eigenvalue weighted by Gasteiger charge is -2.35. The van der Waals surface area contributed by atoms with Gasteiger partial charge in [-0.05, 0) is 48.6 Å². The van der Waals surface area contributed by atoms with Crippen LogP contribution < -0.4 is 21.3 Å². The van der Waals surface area contributed by atoms with Gasteiger partial charge in [0.1, 0.15) is 12.4 Å². The third kappa shape index (κ3) is 7.91. The summed E-state index contributed by atoms with van der Waals surface area (Å²) < 4.78 is 5.52. The molecule has 226 valence electrons. The molecule has 2 aliphatic heterocycles. The Hall–Kier alpha value is -4.87. The number of nitrogens with one attached hydrogen (secondary N) is 2. The fourth-order valence-corrected chi connectivity index (χ4v) is 5.37. The molecular formula is C31H38N8O4. The fraction of sp³-hybridized carbons (Fsp3) is 0.387. The number of carbonyl (C=O) groups is 3. The highest BCUT2D eigenvalue weighted by molar-refractivity contribution is 5.97. The first kappa shape index (κ1) is 29.6. The van der Waals surface area contributed by atoms with Gasteiger partial charge in [0.05, 0.1) is 5.56 Å². The second-order valence-electron chi connectivity index (χ2n) is 10.9. The van der Waals surface area contributed by atoms with E-state index in [0.717, 1.165) is 42.9 Å². The number of piperazine rings is 1. The van der Waals surface area contributed by atoms with Crippen molar-refractivity contribution in [3.8, 4) is 0 Å². The zero-order valence-electron chi connectivity index (χ0n) is 24.4. The van der Waals surface area contributed by atoms with Crippen molar-refractivity contribution in [2.75, 3.05) is 61.3 Å². The number of anilines is 4. The topological polar surface area (TPSA) is 146 Å². The molecule has 12 heteroatoms. The Morgan fingerprint density at radius 1 is 0.977 bits per heavy atom. The van der Waals surface area contributed by atoms with Crippen LogP contribution in [0.15, 0.2) is 60.8 Å². The number of piperidine rings is 1. The molecule has 0 saturated carbocycles. The monoisotopic (exact) mass is 586 g/mol. The van der Waals surface area contributed by atoms with E-state index >= 15 is 0 Å². The second-order valence-corrected chi connectivity index (χ2v) is 10.9. The summed E-state index contributed by atoms with van der Waals surface area (Å²) in [5.41, 5.74) is 8.61. The first-order valence-corrected chi connectivity index (χ1v) is 14.6. The van der Waals surface area contributed by atoms with Crippen LogP contribution in [0.5, 0.6) is 0 Å². The van der Waals surface area contributed by atoms with Crippen molar-refractivity contribution < 1.29 is 19.1 Å². The minimum Gasteiger partial charge on any atom is -0.445 e. The number of carbonyl (C=O) groups excluding carboxylic acids is 3. The Balaban J connectivity index is 1.16. The van der Waals surface area contributed by atoms with Crippen LogP contribution in [0.25, 0.3) is 0 Å². The number of ether oxygens (including phenoxy) is 1. The number of amides is 3. The Morgan fingerprint density at radius 3 is 2.42 bits per heavy atom. The molecule has 0 aliphatic carbocycles. The molecule has 2 saturated heterocycles. The zero-order valence-corrected chi connectivity index (χ0v) is 24.4.